The van der Waals surface area contributed by atoms with Gasteiger partial charge < -0.3 is 5.73 Å². The van der Waals surface area contributed by atoms with Crippen LogP contribution in [-0.2, 0) is 4.79 Å². The fourth-order valence-corrected chi connectivity index (χ4v) is 3.41. The maximum absolute atomic E-state index is 12.3. The van der Waals surface area contributed by atoms with E-state index in [1.807, 2.05) is 18.7 Å². The molecule has 0 aromatic carbocycles. The number of rotatable bonds is 4. The molecule has 2 unspecified atom stereocenters. The number of primary amides is 1. The lowest BCUT2D eigenvalue weighted by molar-refractivity contribution is -0.126. The van der Waals surface area contributed by atoms with Gasteiger partial charge in [0.1, 0.15) is 0 Å². The number of halogens is 1. The van der Waals surface area contributed by atoms with Gasteiger partial charge >= 0.3 is 0 Å². The molecule has 1 aromatic rings. The average molecular weight is 301 g/mol. The number of carbonyl (C=O) groups is 2. The van der Waals surface area contributed by atoms with E-state index >= 15 is 0 Å². The van der Waals surface area contributed by atoms with Crippen molar-refractivity contribution < 1.29 is 9.59 Å². The molecule has 1 aliphatic rings. The second-order valence-electron chi connectivity index (χ2n) is 5.29. The number of nitrogens with zero attached hydrogens (tertiary/aromatic N) is 1. The summed E-state index contributed by atoms with van der Waals surface area (Å²) in [7, 11) is 0. The van der Waals surface area contributed by atoms with Crippen molar-refractivity contribution in [1.29, 1.82) is 0 Å². The van der Waals surface area contributed by atoms with Gasteiger partial charge in [-0.25, -0.2) is 0 Å². The van der Waals surface area contributed by atoms with Crippen LogP contribution in [0.5, 0.6) is 0 Å². The van der Waals surface area contributed by atoms with Crippen LogP contribution in [0, 0.1) is 5.41 Å². The van der Waals surface area contributed by atoms with Crippen LogP contribution in [0.1, 0.15) is 29.9 Å². The van der Waals surface area contributed by atoms with E-state index in [0.29, 0.717) is 28.7 Å². The number of nitrogens with two attached hydrogens (primary N) is 1. The molecule has 2 N–H and O–H groups in total. The van der Waals surface area contributed by atoms with Gasteiger partial charge in [0, 0.05) is 6.54 Å². The lowest BCUT2D eigenvalue weighted by Crippen LogP contribution is -2.41. The summed E-state index contributed by atoms with van der Waals surface area (Å²) in [5, 5.41) is 0. The second kappa shape index (κ2) is 5.23. The Morgan fingerprint density at radius 2 is 2.21 bits per heavy atom. The third kappa shape index (κ3) is 2.83. The molecule has 0 radical (unpaired) electrons. The predicted molar refractivity (Wildman–Crippen MR) is 76.6 cm³/mol. The van der Waals surface area contributed by atoms with Crippen LogP contribution < -0.4 is 5.73 Å². The molecular weight excluding hydrogens is 284 g/mol. The third-order valence-electron chi connectivity index (χ3n) is 3.84. The number of likely N-dealkylation sites (tertiary alicyclic amines) is 1. The highest BCUT2D eigenvalue weighted by atomic mass is 35.5. The number of ketones is 1. The Morgan fingerprint density at radius 3 is 2.68 bits per heavy atom. The Hall–Kier alpha value is -0.910. The van der Waals surface area contributed by atoms with Gasteiger partial charge in [-0.15, -0.1) is 11.3 Å². The van der Waals surface area contributed by atoms with Gasteiger partial charge in [-0.3, -0.25) is 14.5 Å². The number of Topliss-reactive ketones (excluding diaryl/α,β-unsaturated/α-hetero) is 1. The molecule has 6 heteroatoms. The first kappa shape index (κ1) is 14.5. The zero-order valence-electron chi connectivity index (χ0n) is 11.0. The normalized spacial score (nSPS) is 25.4. The standard InChI is InChI=1S/C13H17ClN2O2S/c1-8(11(17)9-3-4-10(14)19-9)16-6-5-13(2,7-16)12(15)18/h3-4,8H,5-7H2,1-2H3,(H2,15,18). The zero-order chi connectivity index (χ0) is 14.2. The molecule has 104 valence electrons. The monoisotopic (exact) mass is 300 g/mol. The number of hydrogen-bond acceptors (Lipinski definition) is 4. The van der Waals surface area contributed by atoms with Crippen molar-refractivity contribution in [2.24, 2.45) is 11.1 Å². The van der Waals surface area contributed by atoms with Crippen LogP contribution >= 0.6 is 22.9 Å². The topological polar surface area (TPSA) is 63.4 Å². The molecule has 0 spiro atoms. The summed E-state index contributed by atoms with van der Waals surface area (Å²) >= 11 is 7.13. The van der Waals surface area contributed by atoms with Crippen LogP contribution in [-0.4, -0.2) is 35.7 Å². The van der Waals surface area contributed by atoms with E-state index in [0.717, 1.165) is 0 Å². The van der Waals surface area contributed by atoms with Crippen molar-refractivity contribution in [1.82, 2.24) is 4.90 Å². The number of hydrogen-bond donors (Lipinski definition) is 1. The fourth-order valence-electron chi connectivity index (χ4n) is 2.35. The Balaban J connectivity index is 2.07. The first-order valence-corrected chi connectivity index (χ1v) is 7.36. The summed E-state index contributed by atoms with van der Waals surface area (Å²) in [6, 6.07) is 3.22. The average Bonchev–Trinajstić information content (AvgIpc) is 2.95. The van der Waals surface area contributed by atoms with Gasteiger partial charge in [-0.1, -0.05) is 11.6 Å². The van der Waals surface area contributed by atoms with Gasteiger partial charge in [0.05, 0.1) is 20.7 Å². The molecule has 1 saturated heterocycles. The molecule has 2 rings (SSSR count). The van der Waals surface area contributed by atoms with Crippen LogP contribution in [0.2, 0.25) is 4.34 Å². The van der Waals surface area contributed by atoms with Gasteiger partial charge in [0.2, 0.25) is 5.91 Å². The molecule has 1 fully saturated rings. The van der Waals surface area contributed by atoms with Crippen LogP contribution in [0.4, 0.5) is 0 Å². The van der Waals surface area contributed by atoms with Gasteiger partial charge in [0.25, 0.3) is 0 Å². The lowest BCUT2D eigenvalue weighted by Gasteiger charge is -2.25. The van der Waals surface area contributed by atoms with Crippen LogP contribution in [0.15, 0.2) is 12.1 Å². The van der Waals surface area contributed by atoms with E-state index in [1.54, 1.807) is 12.1 Å². The highest BCUT2D eigenvalue weighted by Gasteiger charge is 2.41. The molecule has 4 nitrogen and oxygen atoms in total. The number of carbonyl (C=O) groups excluding carboxylic acids is 2. The highest BCUT2D eigenvalue weighted by Crippen LogP contribution is 2.32. The molecule has 1 amide bonds. The Kier molecular flexibility index (Phi) is 3.99. The van der Waals surface area contributed by atoms with E-state index in [9.17, 15) is 9.59 Å². The quantitative estimate of drug-likeness (QED) is 0.867. The van der Waals surface area contributed by atoms with E-state index in [2.05, 4.69) is 0 Å². The SMILES string of the molecule is CC(C(=O)c1ccc(Cl)s1)N1CCC(C)(C(N)=O)C1. The minimum absolute atomic E-state index is 0.0469. The van der Waals surface area contributed by atoms with Crippen molar-refractivity contribution in [2.45, 2.75) is 26.3 Å². The van der Waals surface area contributed by atoms with Gasteiger partial charge in [-0.05, 0) is 38.9 Å². The summed E-state index contributed by atoms with van der Waals surface area (Å²) in [4.78, 5) is 26.4. The van der Waals surface area contributed by atoms with Crippen molar-refractivity contribution in [2.75, 3.05) is 13.1 Å². The van der Waals surface area contributed by atoms with Gasteiger partial charge in [0.15, 0.2) is 5.78 Å². The molecule has 2 heterocycles. The lowest BCUT2D eigenvalue weighted by atomic mass is 9.89. The predicted octanol–water partition coefficient (Wildman–Crippen LogP) is 2.17. The zero-order valence-corrected chi connectivity index (χ0v) is 12.6. The molecular formula is C13H17ClN2O2S. The van der Waals surface area contributed by atoms with Crippen LogP contribution in [0.3, 0.4) is 0 Å². The summed E-state index contributed by atoms with van der Waals surface area (Å²) in [6.45, 7) is 4.97. The maximum atomic E-state index is 12.3. The van der Waals surface area contributed by atoms with Crippen molar-refractivity contribution in [3.8, 4) is 0 Å². The largest absolute Gasteiger partial charge is 0.369 e. The Bertz CT molecular complexity index is 516. The molecule has 1 aromatic heterocycles. The number of thiophene rings is 1. The molecule has 2 atom stereocenters. The summed E-state index contributed by atoms with van der Waals surface area (Å²) in [5.41, 5.74) is 4.89. The first-order valence-electron chi connectivity index (χ1n) is 6.17. The number of amides is 1. The summed E-state index contributed by atoms with van der Waals surface area (Å²) in [5.74, 6) is -0.251. The van der Waals surface area contributed by atoms with Gasteiger partial charge in [-0.2, -0.15) is 0 Å². The van der Waals surface area contributed by atoms with E-state index < -0.39 is 5.41 Å². The minimum Gasteiger partial charge on any atom is -0.369 e. The Labute approximate surface area is 121 Å². The maximum Gasteiger partial charge on any atom is 0.224 e. The van der Waals surface area contributed by atoms with Crippen LogP contribution in [0.25, 0.3) is 0 Å². The summed E-state index contributed by atoms with van der Waals surface area (Å²) in [6.07, 6.45) is 0.700. The smallest absolute Gasteiger partial charge is 0.224 e. The van der Waals surface area contributed by atoms with Crippen molar-refractivity contribution >= 4 is 34.6 Å². The molecule has 19 heavy (non-hydrogen) atoms. The minimum atomic E-state index is -0.526. The highest BCUT2D eigenvalue weighted by molar-refractivity contribution is 7.18. The molecule has 0 saturated carbocycles. The fraction of sp³-hybridized carbons (Fsp3) is 0.538. The molecule has 0 bridgehead atoms. The van der Waals surface area contributed by atoms with E-state index in [1.165, 1.54) is 11.3 Å². The third-order valence-corrected chi connectivity index (χ3v) is 5.09. The van der Waals surface area contributed by atoms with Crippen molar-refractivity contribution in [3.63, 3.8) is 0 Å². The molecule has 0 aliphatic carbocycles. The van der Waals surface area contributed by atoms with E-state index in [4.69, 9.17) is 17.3 Å². The second-order valence-corrected chi connectivity index (χ2v) is 7.00. The Morgan fingerprint density at radius 1 is 1.53 bits per heavy atom. The molecule has 1 aliphatic heterocycles. The first-order chi connectivity index (χ1) is 8.83. The van der Waals surface area contributed by atoms with E-state index in [-0.39, 0.29) is 17.7 Å². The van der Waals surface area contributed by atoms with Crippen molar-refractivity contribution in [3.05, 3.63) is 21.3 Å². The summed E-state index contributed by atoms with van der Waals surface area (Å²) < 4.78 is 0.610.